The molecule has 2 heterocycles. The fourth-order valence-corrected chi connectivity index (χ4v) is 4.94. The Balaban J connectivity index is 1.76. The fourth-order valence-electron chi connectivity index (χ4n) is 4.94. The van der Waals surface area contributed by atoms with Crippen molar-refractivity contribution in [3.63, 3.8) is 0 Å². The molecule has 1 spiro atoms. The molecule has 1 saturated heterocycles. The molecule has 0 unspecified atom stereocenters. The first-order valence-electron chi connectivity index (χ1n) is 7.54. The molecule has 0 N–H and O–H groups in total. The van der Waals surface area contributed by atoms with Crippen LogP contribution in [0.5, 0.6) is 0 Å². The van der Waals surface area contributed by atoms with Gasteiger partial charge in [0, 0.05) is 30.9 Å². The van der Waals surface area contributed by atoms with Gasteiger partial charge in [0.25, 0.3) is 0 Å². The summed E-state index contributed by atoms with van der Waals surface area (Å²) < 4.78 is 17.4. The van der Waals surface area contributed by atoms with E-state index in [1.54, 1.807) is 7.11 Å². The van der Waals surface area contributed by atoms with Crippen molar-refractivity contribution in [1.29, 1.82) is 0 Å². The van der Waals surface area contributed by atoms with E-state index in [1.807, 2.05) is 6.92 Å². The zero-order valence-corrected chi connectivity index (χ0v) is 12.6. The van der Waals surface area contributed by atoms with E-state index < -0.39 is 0 Å². The van der Waals surface area contributed by atoms with Crippen LogP contribution in [-0.4, -0.2) is 37.0 Å². The summed E-state index contributed by atoms with van der Waals surface area (Å²) in [5.74, 6) is 0.278. The number of hydrogen-bond acceptors (Lipinski definition) is 4. The van der Waals surface area contributed by atoms with Gasteiger partial charge in [-0.1, -0.05) is 13.8 Å². The maximum absolute atomic E-state index is 11.8. The van der Waals surface area contributed by atoms with Crippen molar-refractivity contribution in [2.24, 2.45) is 11.3 Å². The average Bonchev–Trinajstić information content (AvgIpc) is 3.05. The molecule has 0 aromatic heterocycles. The van der Waals surface area contributed by atoms with Crippen LogP contribution >= 0.6 is 0 Å². The first-order chi connectivity index (χ1) is 9.43. The van der Waals surface area contributed by atoms with Gasteiger partial charge < -0.3 is 14.2 Å². The first-order valence-corrected chi connectivity index (χ1v) is 7.54. The molecule has 0 bridgehead atoms. The van der Waals surface area contributed by atoms with E-state index in [0.717, 1.165) is 24.8 Å². The van der Waals surface area contributed by atoms with E-state index in [4.69, 9.17) is 14.2 Å². The molecule has 4 nitrogen and oxygen atoms in total. The number of esters is 1. The number of fused-ring (bicyclic) bond motifs is 1. The van der Waals surface area contributed by atoms with E-state index in [-0.39, 0.29) is 35.3 Å². The van der Waals surface area contributed by atoms with Crippen LogP contribution in [0.1, 0.15) is 40.0 Å². The van der Waals surface area contributed by atoms with Crippen LogP contribution in [0.3, 0.4) is 0 Å². The minimum atomic E-state index is -0.142. The Morgan fingerprint density at radius 2 is 2.15 bits per heavy atom. The summed E-state index contributed by atoms with van der Waals surface area (Å²) in [6, 6.07) is 0. The largest absolute Gasteiger partial charge is 0.454 e. The van der Waals surface area contributed by atoms with Crippen molar-refractivity contribution in [3.05, 3.63) is 11.1 Å². The normalized spacial score (nSPS) is 53.1. The molecular weight excluding hydrogens is 256 g/mol. The van der Waals surface area contributed by atoms with Crippen molar-refractivity contribution in [3.8, 4) is 0 Å². The smallest absolute Gasteiger partial charge is 0.334 e. The second kappa shape index (κ2) is 3.66. The second-order valence-corrected chi connectivity index (χ2v) is 7.14. The molecule has 2 aliphatic carbocycles. The highest BCUT2D eigenvalue weighted by Crippen LogP contribution is 2.68. The van der Waals surface area contributed by atoms with Gasteiger partial charge in [0.15, 0.2) is 0 Å². The van der Waals surface area contributed by atoms with Gasteiger partial charge in [-0.2, -0.15) is 0 Å². The summed E-state index contributed by atoms with van der Waals surface area (Å²) >= 11 is 0. The Hall–Kier alpha value is -0.870. The third kappa shape index (κ3) is 1.27. The summed E-state index contributed by atoms with van der Waals surface area (Å²) in [5.41, 5.74) is 1.95. The van der Waals surface area contributed by atoms with Crippen LogP contribution in [-0.2, 0) is 19.0 Å². The highest BCUT2D eigenvalue weighted by atomic mass is 16.6. The quantitative estimate of drug-likeness (QED) is 0.545. The van der Waals surface area contributed by atoms with Crippen molar-refractivity contribution >= 4 is 5.97 Å². The van der Waals surface area contributed by atoms with E-state index in [0.29, 0.717) is 5.92 Å². The van der Waals surface area contributed by atoms with Gasteiger partial charge in [-0.05, 0) is 24.8 Å². The number of ether oxygens (including phenoxy) is 3. The third-order valence-corrected chi connectivity index (χ3v) is 6.57. The fraction of sp³-hybridized carbons (Fsp3) is 0.812. The lowest BCUT2D eigenvalue weighted by Gasteiger charge is -2.51. The Labute approximate surface area is 119 Å². The summed E-state index contributed by atoms with van der Waals surface area (Å²) in [4.78, 5) is 11.8. The van der Waals surface area contributed by atoms with Gasteiger partial charge in [0.05, 0.1) is 12.2 Å². The molecule has 3 fully saturated rings. The Bertz CT molecular complexity index is 525. The van der Waals surface area contributed by atoms with Crippen LogP contribution < -0.4 is 0 Å². The number of hydrogen-bond donors (Lipinski definition) is 0. The molecular formula is C16H22O4. The summed E-state index contributed by atoms with van der Waals surface area (Å²) in [6.45, 7) is 6.47. The van der Waals surface area contributed by atoms with Crippen LogP contribution in [0.15, 0.2) is 11.1 Å². The van der Waals surface area contributed by atoms with Crippen molar-refractivity contribution in [1.82, 2.24) is 0 Å². The van der Waals surface area contributed by atoms with Gasteiger partial charge in [0.1, 0.15) is 11.7 Å². The van der Waals surface area contributed by atoms with Crippen LogP contribution in [0.2, 0.25) is 0 Å². The van der Waals surface area contributed by atoms with Gasteiger partial charge in [-0.25, -0.2) is 4.79 Å². The van der Waals surface area contributed by atoms with Gasteiger partial charge in [0.2, 0.25) is 0 Å². The van der Waals surface area contributed by atoms with E-state index in [9.17, 15) is 4.79 Å². The highest BCUT2D eigenvalue weighted by molar-refractivity contribution is 5.91. The van der Waals surface area contributed by atoms with Crippen molar-refractivity contribution in [2.75, 3.05) is 7.11 Å². The number of methoxy groups -OCH3 is 1. The average molecular weight is 278 g/mol. The zero-order chi connectivity index (χ0) is 14.3. The molecule has 4 heteroatoms. The Morgan fingerprint density at radius 3 is 2.85 bits per heavy atom. The predicted molar refractivity (Wildman–Crippen MR) is 72.1 cm³/mol. The summed E-state index contributed by atoms with van der Waals surface area (Å²) in [7, 11) is 1.79. The molecule has 0 amide bonds. The van der Waals surface area contributed by atoms with Gasteiger partial charge in [-0.3, -0.25) is 0 Å². The topological polar surface area (TPSA) is 48.1 Å². The minimum Gasteiger partial charge on any atom is -0.454 e. The predicted octanol–water partition coefficient (Wildman–Crippen LogP) is 2.22. The van der Waals surface area contributed by atoms with Gasteiger partial charge in [-0.15, -0.1) is 0 Å². The molecule has 4 rings (SSSR count). The number of carbonyl (C=O) groups is 1. The number of epoxide rings is 1. The second-order valence-electron chi connectivity index (χ2n) is 7.14. The standard InChI is InChI=1S/C16H22O4/c1-8-10-6-15(3)9(2)11(18-4)5-13-16(15,20-13)7-12(10)19-14(8)17/h9,11-13H,5-7H2,1-4H3/t9-,11+,12+,13+,15+,16+/m0/s1. The van der Waals surface area contributed by atoms with E-state index in [2.05, 4.69) is 13.8 Å². The van der Waals surface area contributed by atoms with Crippen LogP contribution in [0.25, 0.3) is 0 Å². The number of carbonyl (C=O) groups excluding carboxylic acids is 1. The SMILES string of the molecule is CO[C@@H]1C[C@H]2O[C@]23C[C@H]2OC(=O)C(C)=C2C[C@]3(C)[C@H]1C. The lowest BCUT2D eigenvalue weighted by Crippen LogP contribution is -2.56. The van der Waals surface area contributed by atoms with E-state index >= 15 is 0 Å². The highest BCUT2D eigenvalue weighted by Gasteiger charge is 2.75. The van der Waals surface area contributed by atoms with Crippen molar-refractivity contribution in [2.45, 2.75) is 63.9 Å². The van der Waals surface area contributed by atoms with Crippen LogP contribution in [0.4, 0.5) is 0 Å². The molecule has 2 saturated carbocycles. The maximum Gasteiger partial charge on any atom is 0.334 e. The molecule has 110 valence electrons. The van der Waals surface area contributed by atoms with E-state index in [1.165, 1.54) is 5.57 Å². The Morgan fingerprint density at radius 1 is 1.40 bits per heavy atom. The van der Waals surface area contributed by atoms with Crippen molar-refractivity contribution < 1.29 is 19.0 Å². The molecule has 0 radical (unpaired) electrons. The third-order valence-electron chi connectivity index (χ3n) is 6.57. The molecule has 20 heavy (non-hydrogen) atoms. The molecule has 0 aromatic rings. The number of rotatable bonds is 1. The summed E-state index contributed by atoms with van der Waals surface area (Å²) in [6.07, 6.45) is 3.16. The zero-order valence-electron chi connectivity index (χ0n) is 12.6. The molecule has 2 aliphatic heterocycles. The lowest BCUT2D eigenvalue weighted by molar-refractivity contribution is -0.143. The van der Waals surface area contributed by atoms with Crippen LogP contribution in [0, 0.1) is 11.3 Å². The Kier molecular flexibility index (Phi) is 2.35. The summed E-state index contributed by atoms with van der Waals surface area (Å²) in [5, 5.41) is 0. The minimum absolute atomic E-state index is 0.0394. The lowest BCUT2D eigenvalue weighted by atomic mass is 9.53. The first kappa shape index (κ1) is 12.8. The molecule has 0 aromatic carbocycles. The van der Waals surface area contributed by atoms with Gasteiger partial charge >= 0.3 is 5.97 Å². The maximum atomic E-state index is 11.8. The molecule has 4 aliphatic rings. The monoisotopic (exact) mass is 278 g/mol. The molecule has 6 atom stereocenters.